The van der Waals surface area contributed by atoms with Gasteiger partial charge in [0.1, 0.15) is 0 Å². The predicted octanol–water partition coefficient (Wildman–Crippen LogP) is 1.40. The number of ether oxygens (including phenoxy) is 1. The minimum atomic E-state index is -0.374. The molecule has 0 atom stereocenters. The lowest BCUT2D eigenvalue weighted by molar-refractivity contribution is -0.129. The Bertz CT molecular complexity index is 686. The molecule has 0 unspecified atom stereocenters. The number of carbonyl (C=O) groups is 3. The van der Waals surface area contributed by atoms with Gasteiger partial charge in [0.25, 0.3) is 5.91 Å². The number of hydrogen-bond donors (Lipinski definition) is 1. The fraction of sp³-hybridized carbons (Fsp3) is 0.353. The van der Waals surface area contributed by atoms with E-state index in [4.69, 9.17) is 16.3 Å². The van der Waals surface area contributed by atoms with Gasteiger partial charge in [0.15, 0.2) is 0 Å². The summed E-state index contributed by atoms with van der Waals surface area (Å²) in [6.07, 6.45) is 1.14. The third kappa shape index (κ3) is 5.04. The minimum Gasteiger partial charge on any atom is -0.378 e. The first-order valence-corrected chi connectivity index (χ1v) is 8.14. The largest absolute Gasteiger partial charge is 0.378 e. The second-order valence-electron chi connectivity index (χ2n) is 5.55. The van der Waals surface area contributed by atoms with E-state index in [1.807, 2.05) is 0 Å². The summed E-state index contributed by atoms with van der Waals surface area (Å²) in [6.45, 7) is 5.32. The average Bonchev–Trinajstić information content (AvgIpc) is 2.61. The molecule has 0 spiro atoms. The standard InChI is InChI=1S/C17H20ClN3O4/c1-3-16(23)20(2)11-15(22)19-12-4-5-13(14(18)10-12)17(24)21-6-8-25-9-7-21/h3-5,10H,1,6-9,11H2,2H3,(H,19,22). The SMILES string of the molecule is C=CC(=O)N(C)CC(=O)Nc1ccc(C(=O)N2CCOCC2)c(Cl)c1. The highest BCUT2D eigenvalue weighted by Gasteiger charge is 2.21. The Morgan fingerprint density at radius 3 is 2.64 bits per heavy atom. The maximum absolute atomic E-state index is 12.5. The Morgan fingerprint density at radius 1 is 1.36 bits per heavy atom. The van der Waals surface area contributed by atoms with Gasteiger partial charge >= 0.3 is 0 Å². The Hall–Kier alpha value is -2.38. The van der Waals surface area contributed by atoms with Gasteiger partial charge in [0.05, 0.1) is 30.3 Å². The van der Waals surface area contributed by atoms with Crippen molar-refractivity contribution in [2.45, 2.75) is 0 Å². The molecule has 1 aliphatic heterocycles. The number of benzene rings is 1. The molecule has 3 amide bonds. The molecule has 0 saturated carbocycles. The first-order chi connectivity index (χ1) is 11.9. The molecular weight excluding hydrogens is 346 g/mol. The second kappa shape index (κ2) is 8.64. The highest BCUT2D eigenvalue weighted by Crippen LogP contribution is 2.23. The number of morpholine rings is 1. The van der Waals surface area contributed by atoms with Gasteiger partial charge in [-0.15, -0.1) is 0 Å². The van der Waals surface area contributed by atoms with Crippen LogP contribution in [0.25, 0.3) is 0 Å². The van der Waals surface area contributed by atoms with Crippen molar-refractivity contribution in [3.8, 4) is 0 Å². The molecule has 8 heteroatoms. The Kier molecular flexibility index (Phi) is 6.55. The van der Waals surface area contributed by atoms with Crippen molar-refractivity contribution in [3.63, 3.8) is 0 Å². The van der Waals surface area contributed by atoms with Crippen molar-refractivity contribution in [3.05, 3.63) is 41.4 Å². The molecule has 1 saturated heterocycles. The van der Waals surface area contributed by atoms with E-state index in [-0.39, 0.29) is 29.3 Å². The summed E-state index contributed by atoms with van der Waals surface area (Å²) in [6, 6.07) is 4.70. The monoisotopic (exact) mass is 365 g/mol. The Balaban J connectivity index is 2.01. The molecule has 1 aromatic rings. The van der Waals surface area contributed by atoms with E-state index in [9.17, 15) is 14.4 Å². The average molecular weight is 366 g/mol. The summed E-state index contributed by atoms with van der Waals surface area (Å²) in [5.41, 5.74) is 0.827. The highest BCUT2D eigenvalue weighted by atomic mass is 35.5. The number of halogens is 1. The third-order valence-corrected chi connectivity index (χ3v) is 4.03. The van der Waals surface area contributed by atoms with Gasteiger partial charge in [-0.2, -0.15) is 0 Å². The van der Waals surface area contributed by atoms with Crippen LogP contribution in [0.5, 0.6) is 0 Å². The lowest BCUT2D eigenvalue weighted by Crippen LogP contribution is -2.40. The number of anilines is 1. The van der Waals surface area contributed by atoms with E-state index in [1.54, 1.807) is 17.0 Å². The van der Waals surface area contributed by atoms with Gasteiger partial charge in [0, 0.05) is 25.8 Å². The van der Waals surface area contributed by atoms with Crippen LogP contribution >= 0.6 is 11.6 Å². The normalized spacial score (nSPS) is 13.9. The zero-order valence-corrected chi connectivity index (χ0v) is 14.7. The van der Waals surface area contributed by atoms with Crippen molar-refractivity contribution < 1.29 is 19.1 Å². The molecule has 1 aromatic carbocycles. The molecule has 0 bridgehead atoms. The molecule has 1 aliphatic rings. The topological polar surface area (TPSA) is 79.0 Å². The molecule has 1 heterocycles. The van der Waals surface area contributed by atoms with Crippen LogP contribution in [0.1, 0.15) is 10.4 Å². The number of amides is 3. The molecule has 1 N–H and O–H groups in total. The van der Waals surface area contributed by atoms with E-state index in [1.165, 1.54) is 18.0 Å². The number of nitrogens with one attached hydrogen (secondary N) is 1. The lowest BCUT2D eigenvalue weighted by atomic mass is 10.1. The molecule has 2 rings (SSSR count). The predicted molar refractivity (Wildman–Crippen MR) is 94.6 cm³/mol. The van der Waals surface area contributed by atoms with Crippen LogP contribution in [-0.2, 0) is 14.3 Å². The molecular formula is C17H20ClN3O4. The highest BCUT2D eigenvalue weighted by molar-refractivity contribution is 6.34. The summed E-state index contributed by atoms with van der Waals surface area (Å²) in [4.78, 5) is 38.7. The zero-order valence-electron chi connectivity index (χ0n) is 14.0. The van der Waals surface area contributed by atoms with Gasteiger partial charge in [-0.3, -0.25) is 14.4 Å². The lowest BCUT2D eigenvalue weighted by Gasteiger charge is -2.27. The maximum atomic E-state index is 12.5. The van der Waals surface area contributed by atoms with Crippen LogP contribution in [0.15, 0.2) is 30.9 Å². The van der Waals surface area contributed by atoms with E-state index in [0.717, 1.165) is 6.08 Å². The first-order valence-electron chi connectivity index (χ1n) is 7.76. The van der Waals surface area contributed by atoms with Crippen molar-refractivity contribution >= 4 is 35.0 Å². The van der Waals surface area contributed by atoms with Crippen LogP contribution in [0.2, 0.25) is 5.02 Å². The summed E-state index contributed by atoms with van der Waals surface area (Å²) >= 11 is 6.20. The Labute approximate surface area is 151 Å². The number of hydrogen-bond acceptors (Lipinski definition) is 4. The zero-order chi connectivity index (χ0) is 18.4. The maximum Gasteiger partial charge on any atom is 0.255 e. The van der Waals surface area contributed by atoms with Crippen LogP contribution in [0.3, 0.4) is 0 Å². The van der Waals surface area contributed by atoms with Crippen LogP contribution in [0, 0.1) is 0 Å². The quantitative estimate of drug-likeness (QED) is 0.800. The molecule has 0 radical (unpaired) electrons. The number of likely N-dealkylation sites (N-methyl/N-ethyl adjacent to an activating group) is 1. The summed E-state index contributed by atoms with van der Waals surface area (Å²) < 4.78 is 5.23. The minimum absolute atomic E-state index is 0.114. The van der Waals surface area contributed by atoms with E-state index in [0.29, 0.717) is 37.6 Å². The second-order valence-corrected chi connectivity index (χ2v) is 5.95. The molecule has 7 nitrogen and oxygen atoms in total. The van der Waals surface area contributed by atoms with Gasteiger partial charge in [-0.1, -0.05) is 18.2 Å². The van der Waals surface area contributed by atoms with Crippen LogP contribution in [0.4, 0.5) is 5.69 Å². The van der Waals surface area contributed by atoms with Crippen molar-refractivity contribution in [1.82, 2.24) is 9.80 Å². The van der Waals surface area contributed by atoms with Gasteiger partial charge < -0.3 is 19.9 Å². The smallest absolute Gasteiger partial charge is 0.255 e. The molecule has 25 heavy (non-hydrogen) atoms. The van der Waals surface area contributed by atoms with E-state index in [2.05, 4.69) is 11.9 Å². The summed E-state index contributed by atoms with van der Waals surface area (Å²) in [5.74, 6) is -0.886. The molecule has 0 aliphatic carbocycles. The van der Waals surface area contributed by atoms with E-state index < -0.39 is 0 Å². The number of nitrogens with zero attached hydrogens (tertiary/aromatic N) is 2. The van der Waals surface area contributed by atoms with E-state index >= 15 is 0 Å². The molecule has 1 fully saturated rings. The van der Waals surface area contributed by atoms with Crippen LogP contribution in [-0.4, -0.2) is 67.4 Å². The fourth-order valence-electron chi connectivity index (χ4n) is 2.35. The molecule has 0 aromatic heterocycles. The van der Waals surface area contributed by atoms with Crippen molar-refractivity contribution in [2.75, 3.05) is 45.2 Å². The van der Waals surface area contributed by atoms with Crippen LogP contribution < -0.4 is 5.32 Å². The third-order valence-electron chi connectivity index (χ3n) is 3.71. The van der Waals surface area contributed by atoms with Gasteiger partial charge in [-0.25, -0.2) is 0 Å². The first kappa shape index (κ1) is 19.0. The summed E-state index contributed by atoms with van der Waals surface area (Å²) in [7, 11) is 1.50. The number of rotatable bonds is 5. The number of carbonyl (C=O) groups excluding carboxylic acids is 3. The van der Waals surface area contributed by atoms with Crippen molar-refractivity contribution in [1.29, 1.82) is 0 Å². The summed E-state index contributed by atoms with van der Waals surface area (Å²) in [5, 5.41) is 2.90. The fourth-order valence-corrected chi connectivity index (χ4v) is 2.61. The van der Waals surface area contributed by atoms with Gasteiger partial charge in [0.2, 0.25) is 11.8 Å². The molecule has 134 valence electrons. The van der Waals surface area contributed by atoms with Crippen molar-refractivity contribution in [2.24, 2.45) is 0 Å². The Morgan fingerprint density at radius 2 is 2.04 bits per heavy atom. The van der Waals surface area contributed by atoms with Gasteiger partial charge in [-0.05, 0) is 24.3 Å².